The summed E-state index contributed by atoms with van der Waals surface area (Å²) in [5.74, 6) is 2.96. The van der Waals surface area contributed by atoms with Crippen molar-refractivity contribution in [3.63, 3.8) is 0 Å². The van der Waals surface area contributed by atoms with Crippen molar-refractivity contribution in [2.24, 2.45) is 5.92 Å². The Morgan fingerprint density at radius 3 is 2.46 bits per heavy atom. The number of aliphatic hydroxyl groups is 1. The van der Waals surface area contributed by atoms with Gasteiger partial charge in [0.2, 0.25) is 17.5 Å². The van der Waals surface area contributed by atoms with Gasteiger partial charge in [-0.2, -0.15) is 4.98 Å². The van der Waals surface area contributed by atoms with Gasteiger partial charge in [0.05, 0.1) is 39.5 Å². The van der Waals surface area contributed by atoms with Crippen LogP contribution in [0.2, 0.25) is 0 Å². The molecule has 0 bridgehead atoms. The lowest BCUT2D eigenvalue weighted by Gasteiger charge is -2.33. The maximum Gasteiger partial charge on any atom is 0.241 e. The van der Waals surface area contributed by atoms with Crippen molar-refractivity contribution < 1.29 is 23.8 Å². The smallest absolute Gasteiger partial charge is 0.241 e. The average Bonchev–Trinajstić information content (AvgIpc) is 3.20. The van der Waals surface area contributed by atoms with Crippen molar-refractivity contribution in [1.82, 2.24) is 15.0 Å². The highest BCUT2D eigenvalue weighted by Crippen LogP contribution is 2.43. The normalized spacial score (nSPS) is 16.8. The average molecular weight is 391 g/mol. The van der Waals surface area contributed by atoms with Crippen LogP contribution >= 0.6 is 0 Å². The summed E-state index contributed by atoms with van der Waals surface area (Å²) in [6, 6.07) is 3.61. The molecule has 154 valence electrons. The number of likely N-dealkylation sites (tertiary alicyclic amines) is 1. The second-order valence-electron chi connectivity index (χ2n) is 6.98. The standard InChI is InChI=1S/C20H29N3O5/c1-5-15(24)13-8-10-23(11-9-13)12-17-21-20(22-28-17)14-6-7-16(25-2)19(27-4)18(14)26-3/h6-7,13,15,24H,5,8-12H2,1-4H3. The summed E-state index contributed by atoms with van der Waals surface area (Å²) < 4.78 is 21.7. The zero-order valence-electron chi connectivity index (χ0n) is 17.0. The number of hydrogen-bond acceptors (Lipinski definition) is 8. The molecule has 2 heterocycles. The van der Waals surface area contributed by atoms with E-state index in [1.54, 1.807) is 27.4 Å². The zero-order valence-corrected chi connectivity index (χ0v) is 17.0. The van der Waals surface area contributed by atoms with Gasteiger partial charge in [0, 0.05) is 0 Å². The van der Waals surface area contributed by atoms with E-state index in [4.69, 9.17) is 18.7 Å². The third-order valence-electron chi connectivity index (χ3n) is 5.37. The van der Waals surface area contributed by atoms with E-state index in [1.165, 1.54) is 0 Å². The predicted octanol–water partition coefficient (Wildman–Crippen LogP) is 2.75. The van der Waals surface area contributed by atoms with Crippen LogP contribution in [0.25, 0.3) is 11.4 Å². The Hall–Kier alpha value is -2.32. The molecule has 3 rings (SSSR count). The van der Waals surface area contributed by atoms with E-state index in [0.29, 0.717) is 47.0 Å². The molecule has 0 amide bonds. The van der Waals surface area contributed by atoms with E-state index in [1.807, 2.05) is 13.0 Å². The molecule has 1 unspecified atom stereocenters. The number of methoxy groups -OCH3 is 3. The highest BCUT2D eigenvalue weighted by atomic mass is 16.5. The molecule has 0 spiro atoms. The lowest BCUT2D eigenvalue weighted by molar-refractivity contribution is 0.0521. The Morgan fingerprint density at radius 1 is 1.14 bits per heavy atom. The van der Waals surface area contributed by atoms with Crippen LogP contribution < -0.4 is 14.2 Å². The van der Waals surface area contributed by atoms with E-state index in [0.717, 1.165) is 32.4 Å². The van der Waals surface area contributed by atoms with Gasteiger partial charge in [0.25, 0.3) is 0 Å². The minimum atomic E-state index is -0.199. The van der Waals surface area contributed by atoms with Crippen LogP contribution in [0.3, 0.4) is 0 Å². The SMILES string of the molecule is CCC(O)C1CCN(Cc2nc(-c3ccc(OC)c(OC)c3OC)no2)CC1. The fourth-order valence-corrected chi connectivity index (χ4v) is 3.73. The van der Waals surface area contributed by atoms with Crippen LogP contribution in [0, 0.1) is 5.92 Å². The Morgan fingerprint density at radius 2 is 1.86 bits per heavy atom. The molecule has 1 aromatic carbocycles. The van der Waals surface area contributed by atoms with Crippen molar-refractivity contribution in [3.8, 4) is 28.6 Å². The fourth-order valence-electron chi connectivity index (χ4n) is 3.73. The Balaban J connectivity index is 1.71. The van der Waals surface area contributed by atoms with Crippen molar-refractivity contribution in [2.45, 2.75) is 38.8 Å². The highest BCUT2D eigenvalue weighted by Gasteiger charge is 2.26. The minimum Gasteiger partial charge on any atom is -0.493 e. The predicted molar refractivity (Wildman–Crippen MR) is 104 cm³/mol. The molecule has 8 heteroatoms. The molecular formula is C20H29N3O5. The van der Waals surface area contributed by atoms with Crippen molar-refractivity contribution in [3.05, 3.63) is 18.0 Å². The Kier molecular flexibility index (Phi) is 6.74. The molecule has 1 saturated heterocycles. The monoisotopic (exact) mass is 391 g/mol. The fraction of sp³-hybridized carbons (Fsp3) is 0.600. The van der Waals surface area contributed by atoms with Crippen molar-refractivity contribution in [2.75, 3.05) is 34.4 Å². The summed E-state index contributed by atoms with van der Waals surface area (Å²) in [5, 5.41) is 14.1. The molecule has 1 N–H and O–H groups in total. The van der Waals surface area contributed by atoms with E-state index in [2.05, 4.69) is 15.0 Å². The molecule has 28 heavy (non-hydrogen) atoms. The third kappa shape index (κ3) is 4.23. The molecule has 0 saturated carbocycles. The lowest BCUT2D eigenvalue weighted by atomic mass is 9.90. The van der Waals surface area contributed by atoms with E-state index < -0.39 is 0 Å². The first kappa shape index (κ1) is 20.4. The van der Waals surface area contributed by atoms with Gasteiger partial charge < -0.3 is 23.8 Å². The van der Waals surface area contributed by atoms with Gasteiger partial charge in [-0.3, -0.25) is 4.90 Å². The number of aromatic nitrogens is 2. The van der Waals surface area contributed by atoms with Gasteiger partial charge in [0.1, 0.15) is 0 Å². The quantitative estimate of drug-likeness (QED) is 0.735. The highest BCUT2D eigenvalue weighted by molar-refractivity contribution is 5.71. The molecule has 1 fully saturated rings. The summed E-state index contributed by atoms with van der Waals surface area (Å²) >= 11 is 0. The van der Waals surface area contributed by atoms with Gasteiger partial charge in [-0.15, -0.1) is 0 Å². The van der Waals surface area contributed by atoms with E-state index in [-0.39, 0.29) is 6.10 Å². The molecule has 1 aliphatic heterocycles. The first-order chi connectivity index (χ1) is 13.6. The number of piperidine rings is 1. The number of ether oxygens (including phenoxy) is 3. The van der Waals surface area contributed by atoms with Crippen molar-refractivity contribution in [1.29, 1.82) is 0 Å². The number of rotatable bonds is 8. The van der Waals surface area contributed by atoms with Crippen LogP contribution in [-0.2, 0) is 6.54 Å². The van der Waals surface area contributed by atoms with Gasteiger partial charge in [0.15, 0.2) is 11.5 Å². The second-order valence-corrected chi connectivity index (χ2v) is 6.98. The van der Waals surface area contributed by atoms with Crippen LogP contribution in [0.1, 0.15) is 32.1 Å². The lowest BCUT2D eigenvalue weighted by Crippen LogP contribution is -2.37. The first-order valence-corrected chi connectivity index (χ1v) is 9.63. The molecule has 1 aliphatic rings. The van der Waals surface area contributed by atoms with Gasteiger partial charge in [-0.25, -0.2) is 0 Å². The third-order valence-corrected chi connectivity index (χ3v) is 5.37. The topological polar surface area (TPSA) is 90.1 Å². The van der Waals surface area contributed by atoms with Crippen LogP contribution in [0.15, 0.2) is 16.7 Å². The van der Waals surface area contributed by atoms with Gasteiger partial charge in [-0.1, -0.05) is 12.1 Å². The number of aliphatic hydroxyl groups excluding tert-OH is 1. The molecule has 0 radical (unpaired) electrons. The molecular weight excluding hydrogens is 362 g/mol. The minimum absolute atomic E-state index is 0.199. The molecule has 2 aromatic rings. The van der Waals surface area contributed by atoms with E-state index in [9.17, 15) is 5.11 Å². The van der Waals surface area contributed by atoms with Crippen LogP contribution in [-0.4, -0.2) is 60.7 Å². The Labute approximate surface area is 165 Å². The number of nitrogens with zero attached hydrogens (tertiary/aromatic N) is 3. The summed E-state index contributed by atoms with van der Waals surface area (Å²) in [4.78, 5) is 6.82. The van der Waals surface area contributed by atoms with Crippen molar-refractivity contribution >= 4 is 0 Å². The largest absolute Gasteiger partial charge is 0.493 e. The first-order valence-electron chi connectivity index (χ1n) is 9.63. The second kappa shape index (κ2) is 9.25. The molecule has 0 aliphatic carbocycles. The molecule has 1 aromatic heterocycles. The summed E-state index contributed by atoms with van der Waals surface area (Å²) in [6.45, 7) is 4.45. The summed E-state index contributed by atoms with van der Waals surface area (Å²) in [6.07, 6.45) is 2.58. The van der Waals surface area contributed by atoms with Crippen LogP contribution in [0.4, 0.5) is 0 Å². The maximum atomic E-state index is 10.0. The number of benzene rings is 1. The molecule has 1 atom stereocenters. The zero-order chi connectivity index (χ0) is 20.1. The summed E-state index contributed by atoms with van der Waals surface area (Å²) in [7, 11) is 4.70. The van der Waals surface area contributed by atoms with Gasteiger partial charge in [-0.05, 0) is 50.4 Å². The number of hydrogen-bond donors (Lipinski definition) is 1. The Bertz CT molecular complexity index is 771. The summed E-state index contributed by atoms with van der Waals surface area (Å²) in [5.41, 5.74) is 0.680. The molecule has 8 nitrogen and oxygen atoms in total. The maximum absolute atomic E-state index is 10.0. The van der Waals surface area contributed by atoms with Gasteiger partial charge >= 0.3 is 0 Å². The van der Waals surface area contributed by atoms with Crippen LogP contribution in [0.5, 0.6) is 17.2 Å². The van der Waals surface area contributed by atoms with E-state index >= 15 is 0 Å².